The Morgan fingerprint density at radius 2 is 1.49 bits per heavy atom. The van der Waals surface area contributed by atoms with E-state index < -0.39 is 0 Å². The van der Waals surface area contributed by atoms with Gasteiger partial charge in [0, 0.05) is 61.0 Å². The van der Waals surface area contributed by atoms with Crippen LogP contribution in [0.3, 0.4) is 0 Å². The molecule has 0 saturated heterocycles. The van der Waals surface area contributed by atoms with Gasteiger partial charge in [-0.2, -0.15) is 0 Å². The van der Waals surface area contributed by atoms with Gasteiger partial charge in [-0.3, -0.25) is 14.6 Å². The first-order valence-corrected chi connectivity index (χ1v) is 18.5. The summed E-state index contributed by atoms with van der Waals surface area (Å²) < 4.78 is 0. The lowest BCUT2D eigenvalue weighted by molar-refractivity contribution is -0.114. The Bertz CT molecular complexity index is 1640. The molecule has 0 fully saturated rings. The number of benzene rings is 2. The van der Waals surface area contributed by atoms with Crippen LogP contribution in [0, 0.1) is 6.92 Å². The Kier molecular flexibility index (Phi) is 13.6. The molecule has 0 bridgehead atoms. The summed E-state index contributed by atoms with van der Waals surface area (Å²) in [6.45, 7) is 7.85. The molecule has 5 nitrogen and oxygen atoms in total. The number of aromatic nitrogens is 2. The van der Waals surface area contributed by atoms with Crippen LogP contribution in [-0.4, -0.2) is 20.8 Å². The van der Waals surface area contributed by atoms with Crippen LogP contribution in [0.4, 0.5) is 0 Å². The van der Waals surface area contributed by atoms with E-state index in [1.165, 1.54) is 11.8 Å². The molecule has 0 aliphatic carbocycles. The zero-order valence-electron chi connectivity index (χ0n) is 25.9. The number of aromatic amines is 1. The Balaban J connectivity index is 1.33. The number of rotatable bonds is 11. The molecule has 3 aromatic rings. The van der Waals surface area contributed by atoms with Gasteiger partial charge in [0.1, 0.15) is 0 Å². The second-order valence-corrected chi connectivity index (χ2v) is 14.9. The number of hydrogen-bond acceptors (Lipinski definition) is 6. The lowest BCUT2D eigenvalue weighted by atomic mass is 9.94. The number of hydrogen-bond donors (Lipinski definition) is 1. The smallest absolute Gasteiger partial charge is 0.255 e. The number of nitrogens with zero attached hydrogens (tertiary/aromatic N) is 2. The molecule has 0 radical (unpaired) electrons. The molecule has 1 aliphatic rings. The number of H-pyrrole nitrogens is 1. The van der Waals surface area contributed by atoms with Crippen molar-refractivity contribution in [3.63, 3.8) is 0 Å². The first kappa shape index (κ1) is 36.1. The molecule has 0 spiro atoms. The maximum Gasteiger partial charge on any atom is 0.255 e. The minimum absolute atomic E-state index is 0.0322. The minimum Gasteiger partial charge on any atom is -0.301 e. The molecule has 4 rings (SSSR count). The van der Waals surface area contributed by atoms with Crippen molar-refractivity contribution in [2.75, 3.05) is 0 Å². The van der Waals surface area contributed by atoms with E-state index in [2.05, 4.69) is 28.8 Å². The molecule has 11 heteroatoms. The quantitative estimate of drug-likeness (QED) is 0.157. The van der Waals surface area contributed by atoms with E-state index in [-0.39, 0.29) is 17.3 Å². The zero-order chi connectivity index (χ0) is 32.7. The van der Waals surface area contributed by atoms with Gasteiger partial charge in [-0.15, -0.1) is 11.8 Å². The molecule has 1 N–H and O–H groups in total. The average molecular weight is 726 g/mol. The maximum absolute atomic E-state index is 13.1. The summed E-state index contributed by atoms with van der Waals surface area (Å²) in [6, 6.07) is 7.84. The van der Waals surface area contributed by atoms with E-state index in [0.717, 1.165) is 77.2 Å². The lowest BCUT2D eigenvalue weighted by Gasteiger charge is -2.15. The van der Waals surface area contributed by atoms with Crippen molar-refractivity contribution < 1.29 is 4.79 Å². The third kappa shape index (κ3) is 10.1. The molecule has 1 aliphatic heterocycles. The van der Waals surface area contributed by atoms with Crippen LogP contribution in [-0.2, 0) is 29.1 Å². The van der Waals surface area contributed by atoms with Crippen LogP contribution in [0.15, 0.2) is 51.0 Å². The van der Waals surface area contributed by atoms with Crippen LogP contribution in [0.5, 0.6) is 0 Å². The van der Waals surface area contributed by atoms with E-state index in [1.807, 2.05) is 38.1 Å². The Hall–Kier alpha value is -1.74. The summed E-state index contributed by atoms with van der Waals surface area (Å²) in [6.07, 6.45) is 7.03. The number of thioether (sulfide) groups is 2. The number of aryl methyl sites for hydroxylation is 3. The van der Waals surface area contributed by atoms with Gasteiger partial charge in [-0.05, 0) is 105 Å². The summed E-state index contributed by atoms with van der Waals surface area (Å²) in [5.74, 6) is 1.28. The van der Waals surface area contributed by atoms with Gasteiger partial charge in [0.2, 0.25) is 0 Å². The van der Waals surface area contributed by atoms with E-state index in [0.29, 0.717) is 48.7 Å². The van der Waals surface area contributed by atoms with Crippen molar-refractivity contribution in [2.24, 2.45) is 4.99 Å². The van der Waals surface area contributed by atoms with E-state index in [9.17, 15) is 9.59 Å². The van der Waals surface area contributed by atoms with Gasteiger partial charge in [0.15, 0.2) is 10.9 Å². The second kappa shape index (κ2) is 16.9. The molecule has 45 heavy (non-hydrogen) atoms. The Morgan fingerprint density at radius 1 is 0.889 bits per heavy atom. The lowest BCUT2D eigenvalue weighted by Crippen LogP contribution is -2.19. The summed E-state index contributed by atoms with van der Waals surface area (Å²) in [5.41, 5.74) is 5.92. The Labute approximate surface area is 294 Å². The Morgan fingerprint density at radius 3 is 2.09 bits per heavy atom. The predicted octanol–water partition coefficient (Wildman–Crippen LogP) is 11.0. The normalized spacial score (nSPS) is 15.7. The number of carbonyl (C=O) groups excluding carboxylic acids is 1. The summed E-state index contributed by atoms with van der Waals surface area (Å²) in [5, 5.41) is 4.06. The molecular weight excluding hydrogens is 688 g/mol. The first-order valence-electron chi connectivity index (χ1n) is 15.0. The molecule has 2 heterocycles. The summed E-state index contributed by atoms with van der Waals surface area (Å²) in [7, 11) is 0. The zero-order valence-corrected chi connectivity index (χ0v) is 30.5. The standard InChI is InChI=1S/C34H37Cl4N3O2S2/c1-5-22-13-27(35)26(28(36)14-22)18-45-34-40-21(4)32(33(43)41-34)19(2)8-6-9-23-15-29(37)25(30(38)16-23)17-44-31-11-7-10-24(42)12-20(3)39-31/h12-16,19H,5-11,17-18H2,1-4H3,(H,40,41,43)/b20-12-,39-31?. The average Bonchev–Trinajstić information content (AvgIpc) is 2.94. The highest BCUT2D eigenvalue weighted by atomic mass is 35.5. The fourth-order valence-corrected chi connectivity index (χ4v) is 9.04. The van der Waals surface area contributed by atoms with Gasteiger partial charge in [-0.25, -0.2) is 4.98 Å². The maximum atomic E-state index is 13.1. The molecule has 1 aromatic heterocycles. The number of nitrogens with one attached hydrogen (secondary N) is 1. The van der Waals surface area contributed by atoms with Crippen LogP contribution in [0.25, 0.3) is 0 Å². The van der Waals surface area contributed by atoms with Crippen molar-refractivity contribution in [1.29, 1.82) is 0 Å². The predicted molar refractivity (Wildman–Crippen MR) is 194 cm³/mol. The van der Waals surface area contributed by atoms with Crippen molar-refractivity contribution in [1.82, 2.24) is 9.97 Å². The van der Waals surface area contributed by atoms with Crippen LogP contribution in [0.1, 0.15) is 92.3 Å². The van der Waals surface area contributed by atoms with Crippen LogP contribution >= 0.6 is 69.9 Å². The van der Waals surface area contributed by atoms with Gasteiger partial charge in [0.25, 0.3) is 5.56 Å². The molecule has 1 unspecified atom stereocenters. The molecule has 0 amide bonds. The summed E-state index contributed by atoms with van der Waals surface area (Å²) >= 11 is 29.3. The van der Waals surface area contributed by atoms with Crippen molar-refractivity contribution in [2.45, 2.75) is 95.2 Å². The molecule has 1 atom stereocenters. The van der Waals surface area contributed by atoms with Crippen molar-refractivity contribution >= 4 is 80.8 Å². The highest BCUT2D eigenvalue weighted by Gasteiger charge is 2.18. The number of allylic oxidation sites excluding steroid dienone is 2. The molecule has 2 aromatic carbocycles. The van der Waals surface area contributed by atoms with Gasteiger partial charge in [-0.1, -0.05) is 72.0 Å². The van der Waals surface area contributed by atoms with Gasteiger partial charge < -0.3 is 4.98 Å². The number of aliphatic imine (C=N–C) groups is 1. The highest BCUT2D eigenvalue weighted by molar-refractivity contribution is 8.13. The number of carbonyl (C=O) groups is 1. The second-order valence-electron chi connectivity index (χ2n) is 11.3. The third-order valence-electron chi connectivity index (χ3n) is 7.75. The largest absolute Gasteiger partial charge is 0.301 e. The highest BCUT2D eigenvalue weighted by Crippen LogP contribution is 2.34. The van der Waals surface area contributed by atoms with E-state index >= 15 is 0 Å². The minimum atomic E-state index is -0.116. The number of ketones is 1. The fourth-order valence-electron chi connectivity index (χ4n) is 5.31. The SMILES string of the molecule is CCc1cc(Cl)c(CSc2nc(C)c(C(C)CCCc3cc(Cl)c(CSC4=N/C(C)=C\C(=O)CCC4)c(Cl)c3)c(=O)[nH]2)c(Cl)c1. The van der Waals surface area contributed by atoms with Crippen LogP contribution < -0.4 is 5.56 Å². The van der Waals surface area contributed by atoms with E-state index in [1.54, 1.807) is 17.8 Å². The van der Waals surface area contributed by atoms with Gasteiger partial charge >= 0.3 is 0 Å². The fraction of sp³-hybridized carbons (Fsp3) is 0.412. The number of halogens is 4. The molecular formula is C34H37Cl4N3O2S2. The summed E-state index contributed by atoms with van der Waals surface area (Å²) in [4.78, 5) is 37.1. The van der Waals surface area contributed by atoms with Crippen molar-refractivity contribution in [3.8, 4) is 0 Å². The van der Waals surface area contributed by atoms with Crippen molar-refractivity contribution in [3.05, 3.63) is 100.0 Å². The third-order valence-corrected chi connectivity index (χ3v) is 11.1. The molecule has 240 valence electrons. The van der Waals surface area contributed by atoms with Crippen LogP contribution in [0.2, 0.25) is 20.1 Å². The molecule has 0 saturated carbocycles. The first-order chi connectivity index (χ1) is 21.4. The monoisotopic (exact) mass is 723 g/mol. The van der Waals surface area contributed by atoms with Gasteiger partial charge in [0.05, 0.1) is 5.04 Å². The topological polar surface area (TPSA) is 75.2 Å². The van der Waals surface area contributed by atoms with E-state index in [4.69, 9.17) is 46.4 Å².